The van der Waals surface area contributed by atoms with E-state index in [1.165, 1.54) is 0 Å². The summed E-state index contributed by atoms with van der Waals surface area (Å²) in [6.07, 6.45) is 2.02. The summed E-state index contributed by atoms with van der Waals surface area (Å²) in [5, 5.41) is 9.90. The van der Waals surface area contributed by atoms with Crippen LogP contribution in [0, 0.1) is 13.8 Å². The number of hydrogen-bond acceptors (Lipinski definition) is 7. The Morgan fingerprint density at radius 2 is 1.86 bits per heavy atom. The fourth-order valence-corrected chi connectivity index (χ4v) is 4.83. The van der Waals surface area contributed by atoms with E-state index < -0.39 is 5.60 Å². The minimum Gasteiger partial charge on any atom is -0.489 e. The number of hydrogen-bond donors (Lipinski definition) is 2. The number of nitrogens with one attached hydrogen (secondary N) is 1. The summed E-state index contributed by atoms with van der Waals surface area (Å²) < 4.78 is 14.9. The van der Waals surface area contributed by atoms with Crippen LogP contribution in [-0.4, -0.2) is 41.4 Å². The Morgan fingerprint density at radius 3 is 2.51 bits per heavy atom. The summed E-state index contributed by atoms with van der Waals surface area (Å²) in [6.45, 7) is 8.45. The molecule has 6 nitrogen and oxygen atoms in total. The predicted octanol–water partition coefficient (Wildman–Crippen LogP) is 6.02. The van der Waals surface area contributed by atoms with E-state index in [0.29, 0.717) is 31.9 Å². The Hall–Kier alpha value is -2.87. The van der Waals surface area contributed by atoms with Gasteiger partial charge >= 0.3 is 0 Å². The van der Waals surface area contributed by atoms with Gasteiger partial charge in [0.25, 0.3) is 0 Å². The van der Waals surface area contributed by atoms with Crippen LogP contribution >= 0.6 is 11.9 Å². The molecule has 2 N–H and O–H groups in total. The monoisotopic (exact) mass is 522 g/mol. The van der Waals surface area contributed by atoms with E-state index in [0.717, 1.165) is 51.3 Å². The lowest BCUT2D eigenvalue weighted by Gasteiger charge is -2.18. The quantitative estimate of drug-likeness (QED) is 0.198. The Morgan fingerprint density at radius 1 is 1.11 bits per heavy atom. The first-order valence-electron chi connectivity index (χ1n) is 12.6. The molecule has 0 spiro atoms. The lowest BCUT2D eigenvalue weighted by molar-refractivity contribution is -0.108. The van der Waals surface area contributed by atoms with Crippen LogP contribution in [0.15, 0.2) is 54.6 Å². The second-order valence-corrected chi connectivity index (χ2v) is 10.9. The van der Waals surface area contributed by atoms with Gasteiger partial charge in [0.05, 0.1) is 12.2 Å². The molecule has 3 rings (SSSR count). The Kier molecular flexibility index (Phi) is 10.6. The number of nitrogens with zero attached hydrogens (tertiary/aromatic N) is 1. The van der Waals surface area contributed by atoms with E-state index in [2.05, 4.69) is 34.8 Å². The summed E-state index contributed by atoms with van der Waals surface area (Å²) in [5.74, 6) is 2.39. The van der Waals surface area contributed by atoms with Gasteiger partial charge in [-0.2, -0.15) is 0 Å². The number of ether oxygens (including phenoxy) is 2. The normalized spacial score (nSPS) is 12.3. The minimum absolute atomic E-state index is 0.180. The first kappa shape index (κ1) is 28.7. The van der Waals surface area contributed by atoms with Crippen LogP contribution in [0.2, 0.25) is 0 Å². The SMILES string of the molecule is CNSCC(CC=O)c1ccc(OCc2cccc(-c3c(C)cc(OCCC(C)(C)O)nc3C)c2)cc1. The van der Waals surface area contributed by atoms with Crippen molar-refractivity contribution < 1.29 is 19.4 Å². The number of carbonyl (C=O) groups excluding carboxylic acids is 1. The van der Waals surface area contributed by atoms with Gasteiger partial charge in [0, 0.05) is 41.8 Å². The molecule has 3 aromatic rings. The topological polar surface area (TPSA) is 80.7 Å². The zero-order chi connectivity index (χ0) is 26.8. The standard InChI is InChI=1S/C30H38N2O4S/c1-21-17-28(35-16-14-30(3,4)34)32-22(2)29(21)25-8-6-7-23(18-25)19-36-27-11-9-24(10-12-27)26(13-15-33)20-37-31-5/h6-12,15,17-18,26,31,34H,13-14,16,19-20H2,1-5H3. The second kappa shape index (κ2) is 13.6. The molecule has 2 aromatic carbocycles. The highest BCUT2D eigenvalue weighted by Gasteiger charge is 2.15. The van der Waals surface area contributed by atoms with Gasteiger partial charge in [0.15, 0.2) is 0 Å². The van der Waals surface area contributed by atoms with Crippen LogP contribution in [0.25, 0.3) is 11.1 Å². The van der Waals surface area contributed by atoms with Crippen LogP contribution in [0.1, 0.15) is 55.0 Å². The summed E-state index contributed by atoms with van der Waals surface area (Å²) >= 11 is 1.61. The Balaban J connectivity index is 1.66. The molecule has 7 heteroatoms. The van der Waals surface area contributed by atoms with E-state index in [9.17, 15) is 9.90 Å². The van der Waals surface area contributed by atoms with Gasteiger partial charge in [-0.1, -0.05) is 42.3 Å². The maximum absolute atomic E-state index is 11.1. The molecular weight excluding hydrogens is 484 g/mol. The highest BCUT2D eigenvalue weighted by Crippen LogP contribution is 2.30. The molecule has 0 bridgehead atoms. The highest BCUT2D eigenvalue weighted by atomic mass is 32.2. The third kappa shape index (κ3) is 8.88. The van der Waals surface area contributed by atoms with Gasteiger partial charge in [0.1, 0.15) is 18.6 Å². The average molecular weight is 523 g/mol. The molecule has 0 aliphatic rings. The average Bonchev–Trinajstić information content (AvgIpc) is 2.85. The largest absolute Gasteiger partial charge is 0.489 e. The fraction of sp³-hybridized carbons (Fsp3) is 0.400. The van der Waals surface area contributed by atoms with Crippen molar-refractivity contribution in [2.75, 3.05) is 19.4 Å². The summed E-state index contributed by atoms with van der Waals surface area (Å²) in [5.41, 5.74) is 5.58. The fourth-order valence-electron chi connectivity index (χ4n) is 4.13. The molecule has 1 heterocycles. The Labute approximate surface area is 225 Å². The molecular formula is C30H38N2O4S. The molecule has 1 atom stereocenters. The van der Waals surface area contributed by atoms with Crippen molar-refractivity contribution in [2.45, 2.75) is 58.7 Å². The number of carbonyl (C=O) groups is 1. The lowest BCUT2D eigenvalue weighted by Crippen LogP contribution is -2.22. The summed E-state index contributed by atoms with van der Waals surface area (Å²) in [4.78, 5) is 15.7. The number of aryl methyl sites for hydroxylation is 2. The smallest absolute Gasteiger partial charge is 0.213 e. The van der Waals surface area contributed by atoms with Crippen molar-refractivity contribution in [3.8, 4) is 22.8 Å². The molecule has 37 heavy (non-hydrogen) atoms. The van der Waals surface area contributed by atoms with Crippen LogP contribution in [0.3, 0.4) is 0 Å². The number of aromatic nitrogens is 1. The molecule has 0 saturated carbocycles. The number of benzene rings is 2. The van der Waals surface area contributed by atoms with Crippen molar-refractivity contribution in [1.29, 1.82) is 0 Å². The number of aldehydes is 1. The van der Waals surface area contributed by atoms with Crippen molar-refractivity contribution >= 4 is 18.2 Å². The van der Waals surface area contributed by atoms with Gasteiger partial charge in [-0.05, 0) is 75.2 Å². The van der Waals surface area contributed by atoms with E-state index >= 15 is 0 Å². The van der Waals surface area contributed by atoms with Crippen molar-refractivity contribution in [1.82, 2.24) is 9.71 Å². The molecule has 1 aromatic heterocycles. The van der Waals surface area contributed by atoms with Gasteiger partial charge < -0.3 is 19.4 Å². The summed E-state index contributed by atoms with van der Waals surface area (Å²) in [7, 11) is 1.89. The second-order valence-electron chi connectivity index (χ2n) is 9.82. The van der Waals surface area contributed by atoms with Crippen LogP contribution in [-0.2, 0) is 11.4 Å². The van der Waals surface area contributed by atoms with Gasteiger partial charge in [-0.15, -0.1) is 0 Å². The lowest BCUT2D eigenvalue weighted by atomic mass is 9.98. The molecule has 0 aliphatic heterocycles. The first-order chi connectivity index (χ1) is 17.7. The van der Waals surface area contributed by atoms with Gasteiger partial charge in [-0.25, -0.2) is 4.98 Å². The third-order valence-electron chi connectivity index (χ3n) is 6.12. The van der Waals surface area contributed by atoms with E-state index in [1.54, 1.807) is 25.8 Å². The Bertz CT molecular complexity index is 1140. The first-order valence-corrected chi connectivity index (χ1v) is 13.6. The number of pyridine rings is 1. The maximum Gasteiger partial charge on any atom is 0.213 e. The highest BCUT2D eigenvalue weighted by molar-refractivity contribution is 7.97. The number of aliphatic hydroxyl groups is 1. The molecule has 0 radical (unpaired) electrons. The zero-order valence-corrected chi connectivity index (χ0v) is 23.2. The molecule has 0 saturated heterocycles. The van der Waals surface area contributed by atoms with Crippen LogP contribution in [0.5, 0.6) is 11.6 Å². The van der Waals surface area contributed by atoms with Crippen molar-refractivity contribution in [3.05, 3.63) is 77.0 Å². The van der Waals surface area contributed by atoms with Gasteiger partial charge in [0.2, 0.25) is 5.88 Å². The number of rotatable bonds is 14. The molecule has 1 unspecified atom stereocenters. The minimum atomic E-state index is -0.765. The molecule has 0 amide bonds. The molecule has 198 valence electrons. The zero-order valence-electron chi connectivity index (χ0n) is 22.4. The van der Waals surface area contributed by atoms with Gasteiger partial charge in [-0.3, -0.25) is 4.72 Å². The van der Waals surface area contributed by atoms with Crippen LogP contribution < -0.4 is 14.2 Å². The van der Waals surface area contributed by atoms with E-state index in [1.807, 2.05) is 50.4 Å². The van der Waals surface area contributed by atoms with Crippen LogP contribution in [0.4, 0.5) is 0 Å². The van der Waals surface area contributed by atoms with E-state index in [-0.39, 0.29) is 5.92 Å². The summed E-state index contributed by atoms with van der Waals surface area (Å²) in [6, 6.07) is 18.3. The van der Waals surface area contributed by atoms with Crippen molar-refractivity contribution in [3.63, 3.8) is 0 Å². The maximum atomic E-state index is 11.1. The van der Waals surface area contributed by atoms with E-state index in [4.69, 9.17) is 9.47 Å². The van der Waals surface area contributed by atoms with Crippen molar-refractivity contribution in [2.24, 2.45) is 0 Å². The third-order valence-corrected chi connectivity index (χ3v) is 6.98. The molecule has 0 aliphatic carbocycles. The predicted molar refractivity (Wildman–Crippen MR) is 151 cm³/mol. The molecule has 0 fully saturated rings.